The number of amides is 1. The SMILES string of the molecule is CCOc1ccc(CN2CCC3(CCC(=O)N(C)CC3)CC2)cc1Cl. The Morgan fingerprint density at radius 3 is 2.56 bits per heavy atom. The maximum absolute atomic E-state index is 11.9. The summed E-state index contributed by atoms with van der Waals surface area (Å²) < 4.78 is 5.51. The molecular weight excluding hydrogens is 336 g/mol. The number of ether oxygens (including phenoxy) is 1. The van der Waals surface area contributed by atoms with Crippen molar-refractivity contribution in [2.24, 2.45) is 5.41 Å². The van der Waals surface area contributed by atoms with Crippen LogP contribution in [-0.4, -0.2) is 49.0 Å². The minimum Gasteiger partial charge on any atom is -0.492 e. The van der Waals surface area contributed by atoms with Crippen LogP contribution in [-0.2, 0) is 11.3 Å². The maximum atomic E-state index is 11.9. The molecule has 1 aromatic rings. The Bertz CT molecular complexity index is 612. The van der Waals surface area contributed by atoms with Gasteiger partial charge in [-0.25, -0.2) is 0 Å². The van der Waals surface area contributed by atoms with Crippen molar-refractivity contribution in [2.75, 3.05) is 33.3 Å². The molecule has 0 bridgehead atoms. The van der Waals surface area contributed by atoms with Crippen molar-refractivity contribution >= 4 is 17.5 Å². The highest BCUT2D eigenvalue weighted by atomic mass is 35.5. The van der Waals surface area contributed by atoms with Gasteiger partial charge >= 0.3 is 0 Å². The van der Waals surface area contributed by atoms with Gasteiger partial charge in [0, 0.05) is 26.6 Å². The van der Waals surface area contributed by atoms with Crippen LogP contribution in [0.1, 0.15) is 44.6 Å². The van der Waals surface area contributed by atoms with E-state index in [0.29, 0.717) is 29.4 Å². The zero-order valence-corrected chi connectivity index (χ0v) is 16.1. The highest BCUT2D eigenvalue weighted by Gasteiger charge is 2.37. The Morgan fingerprint density at radius 2 is 1.88 bits per heavy atom. The Balaban J connectivity index is 1.56. The van der Waals surface area contributed by atoms with Gasteiger partial charge in [-0.3, -0.25) is 9.69 Å². The van der Waals surface area contributed by atoms with Crippen LogP contribution in [0.2, 0.25) is 5.02 Å². The number of hydrogen-bond acceptors (Lipinski definition) is 3. The molecule has 25 heavy (non-hydrogen) atoms. The standard InChI is InChI=1S/C20H29ClN2O2/c1-3-25-18-5-4-16(14-17(18)21)15-23-12-9-20(10-13-23)7-6-19(24)22(2)11-8-20/h4-5,14H,3,6-13,15H2,1-2H3. The van der Waals surface area contributed by atoms with E-state index in [1.165, 1.54) is 18.4 Å². The van der Waals surface area contributed by atoms with Crippen molar-refractivity contribution in [2.45, 2.75) is 45.6 Å². The van der Waals surface area contributed by atoms with Gasteiger partial charge in [0.1, 0.15) is 5.75 Å². The summed E-state index contributed by atoms with van der Waals surface area (Å²) >= 11 is 6.31. The molecule has 1 aromatic carbocycles. The first-order valence-electron chi connectivity index (χ1n) is 9.39. The Morgan fingerprint density at radius 1 is 1.16 bits per heavy atom. The minimum atomic E-state index is 0.309. The first kappa shape index (κ1) is 18.5. The normalized spacial score (nSPS) is 21.4. The van der Waals surface area contributed by atoms with Crippen LogP contribution >= 0.6 is 11.6 Å². The molecule has 0 aliphatic carbocycles. The molecule has 2 aliphatic heterocycles. The second kappa shape index (κ2) is 7.96. The summed E-state index contributed by atoms with van der Waals surface area (Å²) in [5.41, 5.74) is 1.60. The molecule has 1 amide bonds. The summed E-state index contributed by atoms with van der Waals surface area (Å²) in [4.78, 5) is 16.4. The van der Waals surface area contributed by atoms with E-state index >= 15 is 0 Å². The Labute approximate surface area is 156 Å². The van der Waals surface area contributed by atoms with Gasteiger partial charge in [0.2, 0.25) is 5.91 Å². The molecule has 0 unspecified atom stereocenters. The van der Waals surface area contributed by atoms with Gasteiger partial charge in [-0.15, -0.1) is 0 Å². The van der Waals surface area contributed by atoms with Gasteiger partial charge in [-0.1, -0.05) is 17.7 Å². The monoisotopic (exact) mass is 364 g/mol. The van der Waals surface area contributed by atoms with Gasteiger partial charge in [0.15, 0.2) is 0 Å². The van der Waals surface area contributed by atoms with Crippen LogP contribution in [0, 0.1) is 5.41 Å². The van der Waals surface area contributed by atoms with Gasteiger partial charge in [-0.2, -0.15) is 0 Å². The highest BCUT2D eigenvalue weighted by molar-refractivity contribution is 6.32. The van der Waals surface area contributed by atoms with E-state index in [0.717, 1.165) is 44.8 Å². The third-order valence-electron chi connectivity index (χ3n) is 5.89. The summed E-state index contributed by atoms with van der Waals surface area (Å²) in [5.74, 6) is 1.07. The fraction of sp³-hybridized carbons (Fsp3) is 0.650. The number of benzene rings is 1. The fourth-order valence-electron chi connectivity index (χ4n) is 4.08. The number of rotatable bonds is 4. The van der Waals surface area contributed by atoms with Gasteiger partial charge in [-0.05, 0) is 68.8 Å². The molecule has 2 heterocycles. The lowest BCUT2D eigenvalue weighted by atomic mass is 9.73. The van der Waals surface area contributed by atoms with Crippen LogP contribution in [0.25, 0.3) is 0 Å². The molecule has 0 atom stereocenters. The van der Waals surface area contributed by atoms with E-state index in [4.69, 9.17) is 16.3 Å². The number of piperidine rings is 1. The molecule has 138 valence electrons. The number of hydrogen-bond donors (Lipinski definition) is 0. The average molecular weight is 365 g/mol. The van der Waals surface area contributed by atoms with E-state index in [2.05, 4.69) is 11.0 Å². The van der Waals surface area contributed by atoms with E-state index in [-0.39, 0.29) is 0 Å². The van der Waals surface area contributed by atoms with Crippen molar-refractivity contribution in [1.82, 2.24) is 9.80 Å². The van der Waals surface area contributed by atoms with Crippen molar-refractivity contribution in [3.63, 3.8) is 0 Å². The maximum Gasteiger partial charge on any atom is 0.222 e. The van der Waals surface area contributed by atoms with Gasteiger partial charge in [0.25, 0.3) is 0 Å². The van der Waals surface area contributed by atoms with Crippen LogP contribution in [0.4, 0.5) is 0 Å². The number of nitrogens with zero attached hydrogens (tertiary/aromatic N) is 2. The third-order valence-corrected chi connectivity index (χ3v) is 6.19. The largest absolute Gasteiger partial charge is 0.492 e. The summed E-state index contributed by atoms with van der Waals surface area (Å²) in [7, 11) is 1.94. The molecule has 0 N–H and O–H groups in total. The number of halogens is 1. The van der Waals surface area contributed by atoms with E-state index in [9.17, 15) is 4.79 Å². The van der Waals surface area contributed by atoms with Crippen molar-refractivity contribution in [1.29, 1.82) is 0 Å². The molecule has 5 heteroatoms. The topological polar surface area (TPSA) is 32.8 Å². The second-order valence-corrected chi connectivity index (χ2v) is 7.95. The van der Waals surface area contributed by atoms with Crippen LogP contribution in [0.5, 0.6) is 5.75 Å². The van der Waals surface area contributed by atoms with Gasteiger partial charge in [0.05, 0.1) is 11.6 Å². The molecule has 2 saturated heterocycles. The van der Waals surface area contributed by atoms with Crippen molar-refractivity contribution in [3.05, 3.63) is 28.8 Å². The molecule has 4 nitrogen and oxygen atoms in total. The third kappa shape index (κ3) is 4.48. The first-order valence-corrected chi connectivity index (χ1v) is 9.77. The predicted octanol–water partition coefficient (Wildman–Crippen LogP) is 3.96. The lowest BCUT2D eigenvalue weighted by Crippen LogP contribution is -2.40. The second-order valence-electron chi connectivity index (χ2n) is 7.54. The lowest BCUT2D eigenvalue weighted by molar-refractivity contribution is -0.129. The predicted molar refractivity (Wildman–Crippen MR) is 101 cm³/mol. The Hall–Kier alpha value is -1.26. The quantitative estimate of drug-likeness (QED) is 0.810. The molecular formula is C20H29ClN2O2. The average Bonchev–Trinajstić information content (AvgIpc) is 2.74. The molecule has 2 aliphatic rings. The summed E-state index contributed by atoms with van der Waals surface area (Å²) in [6.07, 6.45) is 5.31. The fourth-order valence-corrected chi connectivity index (χ4v) is 4.33. The van der Waals surface area contributed by atoms with Crippen LogP contribution in [0.3, 0.4) is 0 Å². The molecule has 2 fully saturated rings. The molecule has 0 radical (unpaired) electrons. The number of carbonyl (C=O) groups is 1. The van der Waals surface area contributed by atoms with Gasteiger partial charge < -0.3 is 9.64 Å². The molecule has 3 rings (SSSR count). The molecule has 1 spiro atoms. The summed E-state index contributed by atoms with van der Waals surface area (Å²) in [6, 6.07) is 6.11. The van der Waals surface area contributed by atoms with Crippen LogP contribution in [0.15, 0.2) is 18.2 Å². The van der Waals surface area contributed by atoms with E-state index in [1.807, 2.05) is 31.0 Å². The number of likely N-dealkylation sites (tertiary alicyclic amines) is 2. The van der Waals surface area contributed by atoms with Crippen molar-refractivity contribution < 1.29 is 9.53 Å². The van der Waals surface area contributed by atoms with E-state index < -0.39 is 0 Å². The zero-order chi connectivity index (χ0) is 17.9. The molecule has 0 saturated carbocycles. The highest BCUT2D eigenvalue weighted by Crippen LogP contribution is 2.41. The van der Waals surface area contributed by atoms with Crippen molar-refractivity contribution in [3.8, 4) is 5.75 Å². The summed E-state index contributed by atoms with van der Waals surface area (Å²) in [6.45, 7) is 6.64. The summed E-state index contributed by atoms with van der Waals surface area (Å²) in [5, 5.41) is 0.693. The minimum absolute atomic E-state index is 0.309. The van der Waals surface area contributed by atoms with Crippen LogP contribution < -0.4 is 4.74 Å². The van der Waals surface area contributed by atoms with E-state index in [1.54, 1.807) is 0 Å². The first-order chi connectivity index (χ1) is 12.0. The smallest absolute Gasteiger partial charge is 0.222 e. The Kier molecular flexibility index (Phi) is 5.90. The molecule has 0 aromatic heterocycles. The number of carbonyl (C=O) groups excluding carboxylic acids is 1. The lowest BCUT2D eigenvalue weighted by Gasteiger charge is -2.41. The zero-order valence-electron chi connectivity index (χ0n) is 15.4.